The molecule has 0 amide bonds. The van der Waals surface area contributed by atoms with Crippen molar-refractivity contribution >= 4 is 25.1 Å². The predicted octanol–water partition coefficient (Wildman–Crippen LogP) is 4.79. The Labute approximate surface area is 281 Å². The average Bonchev–Trinajstić information content (AvgIpc) is 3.56. The van der Waals surface area contributed by atoms with E-state index in [1.54, 1.807) is 43.3 Å². The molecule has 1 aliphatic carbocycles. The highest BCUT2D eigenvalue weighted by molar-refractivity contribution is 7.52. The topological polar surface area (TPSA) is 180 Å². The molecule has 1 saturated carbocycles. The minimum absolute atomic E-state index is 0.0427. The second kappa shape index (κ2) is 13.8. The number of nitrogens with two attached hydrogens (primary N) is 1. The van der Waals surface area contributed by atoms with Gasteiger partial charge >= 0.3 is 19.9 Å². The quantitative estimate of drug-likeness (QED) is 0.167. The zero-order chi connectivity index (χ0) is 35.9. The lowest BCUT2D eigenvalue weighted by molar-refractivity contribution is -0.188. The molecule has 270 valence electrons. The fourth-order valence-electron chi connectivity index (χ4n) is 6.14. The van der Waals surface area contributed by atoms with Gasteiger partial charge in [0, 0.05) is 0 Å². The highest BCUT2D eigenvalue weighted by Gasteiger charge is 2.54. The normalized spacial score (nSPS) is 28.2. The Bertz CT molecular complexity index is 1680. The summed E-state index contributed by atoms with van der Waals surface area (Å²) in [5.74, 6) is -1.96. The molecule has 49 heavy (non-hydrogen) atoms. The molecule has 1 aromatic carbocycles. The maximum Gasteiger partial charge on any atom is 0.459 e. The molecule has 1 aliphatic heterocycles. The van der Waals surface area contributed by atoms with Crippen LogP contribution in [0.4, 0.5) is 19.0 Å². The van der Waals surface area contributed by atoms with Gasteiger partial charge in [-0.05, 0) is 74.8 Å². The number of halogens is 3. The molecular formula is C32H43F3N5O8P. The van der Waals surface area contributed by atoms with Crippen LogP contribution in [0.1, 0.15) is 71.6 Å². The van der Waals surface area contributed by atoms with E-state index in [0.29, 0.717) is 11.2 Å². The van der Waals surface area contributed by atoms with Crippen molar-refractivity contribution in [2.75, 3.05) is 12.3 Å². The standard InChI is InChI=1S/C32H43F3N5O8P/c1-18(29(43)46-21-10-8-20(9-11-21)32(33,34)35)39-49(44,48-22-12-6-19(7-13-22)30(2,3)4)45-16-24-26(41)27(42)31(5,47-24)25-15-14-23-28(36)37-17-38-40(23)25/h6-7,12-15,17-18,20-21,24,26-27,41-42H,8-11,16H2,1-5H3,(H,39,44)(H2,36,37,38)/t18-,20-,21-,24+,26+,27+,31-,49?/m0/s1. The first-order valence-electron chi connectivity index (χ1n) is 16.0. The van der Waals surface area contributed by atoms with Gasteiger partial charge in [-0.25, -0.2) is 14.1 Å². The first-order chi connectivity index (χ1) is 22.8. The third-order valence-corrected chi connectivity index (χ3v) is 10.8. The van der Waals surface area contributed by atoms with Gasteiger partial charge in [0.15, 0.2) is 5.82 Å². The van der Waals surface area contributed by atoms with Crippen LogP contribution in [0.15, 0.2) is 42.7 Å². The third kappa shape index (κ3) is 8.05. The van der Waals surface area contributed by atoms with Crippen LogP contribution in [-0.4, -0.2) is 74.0 Å². The van der Waals surface area contributed by atoms with Crippen molar-refractivity contribution in [3.63, 3.8) is 0 Å². The zero-order valence-corrected chi connectivity index (χ0v) is 28.8. The molecule has 13 nitrogen and oxygen atoms in total. The molecule has 3 heterocycles. The maximum absolute atomic E-state index is 14.2. The Morgan fingerprint density at radius 1 is 1.14 bits per heavy atom. The molecule has 3 aromatic rings. The van der Waals surface area contributed by atoms with Crippen molar-refractivity contribution in [2.24, 2.45) is 5.92 Å². The molecular weight excluding hydrogens is 670 g/mol. The number of carbonyl (C=O) groups is 1. The van der Waals surface area contributed by atoms with E-state index in [0.717, 1.165) is 5.56 Å². The van der Waals surface area contributed by atoms with Crippen molar-refractivity contribution in [1.29, 1.82) is 0 Å². The van der Waals surface area contributed by atoms with Gasteiger partial charge in [-0.2, -0.15) is 23.4 Å². The minimum atomic E-state index is -4.45. The van der Waals surface area contributed by atoms with E-state index in [1.807, 2.05) is 20.8 Å². The van der Waals surface area contributed by atoms with Crippen molar-refractivity contribution in [3.8, 4) is 5.75 Å². The predicted molar refractivity (Wildman–Crippen MR) is 171 cm³/mol. The molecule has 0 bridgehead atoms. The molecule has 2 aliphatic rings. The van der Waals surface area contributed by atoms with E-state index < -0.39 is 68.5 Å². The zero-order valence-electron chi connectivity index (χ0n) is 27.9. The fraction of sp³-hybridized carbons (Fsp3) is 0.594. The van der Waals surface area contributed by atoms with Gasteiger partial charge in [-0.3, -0.25) is 9.32 Å². The molecule has 0 radical (unpaired) electrons. The SMILES string of the molecule is C[C@H](NP(=O)(OC[C@H]1O[C@@](C)(c2ccc3c(N)ncnn23)[C@H](O)[C@@H]1O)Oc1ccc(C(C)(C)C)cc1)C(=O)O[C@H]1CC[C@H](C(F)(F)F)CC1. The summed E-state index contributed by atoms with van der Waals surface area (Å²) in [7, 11) is -4.45. The van der Waals surface area contributed by atoms with E-state index in [2.05, 4.69) is 15.2 Å². The third-order valence-electron chi connectivity index (χ3n) is 9.14. The maximum atomic E-state index is 14.2. The largest absolute Gasteiger partial charge is 0.461 e. The van der Waals surface area contributed by atoms with Crippen molar-refractivity contribution in [3.05, 3.63) is 54.0 Å². The van der Waals surface area contributed by atoms with E-state index >= 15 is 0 Å². The van der Waals surface area contributed by atoms with Gasteiger partial charge in [0.25, 0.3) is 0 Å². The number of aliphatic hydroxyl groups excluding tert-OH is 2. The van der Waals surface area contributed by atoms with Crippen LogP contribution < -0.4 is 15.3 Å². The number of aliphatic hydroxyl groups is 2. The first kappa shape index (κ1) is 37.0. The van der Waals surface area contributed by atoms with Gasteiger partial charge in [-0.15, -0.1) is 0 Å². The number of nitrogens with zero attached hydrogens (tertiary/aromatic N) is 3. The smallest absolute Gasteiger partial charge is 0.459 e. The van der Waals surface area contributed by atoms with Crippen LogP contribution in [-0.2, 0) is 34.4 Å². The lowest BCUT2D eigenvalue weighted by atomic mass is 9.87. The van der Waals surface area contributed by atoms with Crippen LogP contribution in [0.5, 0.6) is 5.75 Å². The molecule has 2 aromatic heterocycles. The summed E-state index contributed by atoms with van der Waals surface area (Å²) in [5, 5.41) is 28.9. The van der Waals surface area contributed by atoms with Crippen LogP contribution >= 0.6 is 7.75 Å². The van der Waals surface area contributed by atoms with Crippen LogP contribution in [0.3, 0.4) is 0 Å². The van der Waals surface area contributed by atoms with Crippen molar-refractivity contribution in [2.45, 2.75) is 108 Å². The number of alkyl halides is 3. The summed E-state index contributed by atoms with van der Waals surface area (Å²) in [4.78, 5) is 17.0. The molecule has 1 unspecified atom stereocenters. The molecule has 2 fully saturated rings. The molecule has 6 atom stereocenters. The number of fused-ring (bicyclic) bond motifs is 1. The highest BCUT2D eigenvalue weighted by Crippen LogP contribution is 2.48. The van der Waals surface area contributed by atoms with Crippen LogP contribution in [0.2, 0.25) is 0 Å². The minimum Gasteiger partial charge on any atom is -0.461 e. The second-order valence-corrected chi connectivity index (χ2v) is 15.5. The number of benzene rings is 1. The average molecular weight is 714 g/mol. The number of nitrogens with one attached hydrogen (secondary N) is 1. The van der Waals surface area contributed by atoms with E-state index in [9.17, 15) is 32.7 Å². The summed E-state index contributed by atoms with van der Waals surface area (Å²) in [6.07, 6.45) is -8.25. The Morgan fingerprint density at radius 2 is 1.80 bits per heavy atom. The number of aromatic nitrogens is 3. The molecule has 0 spiro atoms. The van der Waals surface area contributed by atoms with Gasteiger partial charge in [0.2, 0.25) is 0 Å². The Morgan fingerprint density at radius 3 is 2.41 bits per heavy atom. The summed E-state index contributed by atoms with van der Waals surface area (Å²) >= 11 is 0. The number of ether oxygens (including phenoxy) is 2. The monoisotopic (exact) mass is 713 g/mol. The van der Waals surface area contributed by atoms with Crippen LogP contribution in [0.25, 0.3) is 5.52 Å². The van der Waals surface area contributed by atoms with E-state index in [-0.39, 0.29) is 42.7 Å². The number of rotatable bonds is 10. The van der Waals surface area contributed by atoms with Crippen molar-refractivity contribution < 1.29 is 51.3 Å². The lowest BCUT2D eigenvalue weighted by Gasteiger charge is -2.30. The van der Waals surface area contributed by atoms with Gasteiger partial charge < -0.3 is 29.9 Å². The van der Waals surface area contributed by atoms with E-state index in [1.165, 1.54) is 17.8 Å². The Balaban J connectivity index is 1.31. The summed E-state index contributed by atoms with van der Waals surface area (Å²) in [6, 6.07) is 8.75. The number of hydrogen-bond donors (Lipinski definition) is 4. The fourth-order valence-corrected chi connectivity index (χ4v) is 7.64. The number of nitrogen functional groups attached to an aromatic ring is 1. The lowest BCUT2D eigenvalue weighted by Crippen LogP contribution is -2.40. The molecule has 5 rings (SSSR count). The van der Waals surface area contributed by atoms with Gasteiger partial charge in [-0.1, -0.05) is 32.9 Å². The van der Waals surface area contributed by atoms with Gasteiger partial charge in [0.1, 0.15) is 53.7 Å². The summed E-state index contributed by atoms with van der Waals surface area (Å²) < 4.78 is 78.1. The highest BCUT2D eigenvalue weighted by atomic mass is 31.2. The first-order valence-corrected chi connectivity index (χ1v) is 17.6. The second-order valence-electron chi connectivity index (χ2n) is 13.8. The summed E-state index contributed by atoms with van der Waals surface area (Å²) in [5.41, 5.74) is 6.06. The Kier molecular flexibility index (Phi) is 10.4. The Hall–Kier alpha value is -3.27. The molecule has 17 heteroatoms. The number of hydrogen-bond acceptors (Lipinski definition) is 11. The van der Waals surface area contributed by atoms with Crippen molar-refractivity contribution in [1.82, 2.24) is 19.7 Å². The van der Waals surface area contributed by atoms with Crippen LogP contribution in [0, 0.1) is 5.92 Å². The van der Waals surface area contributed by atoms with E-state index in [4.69, 9.17) is 24.3 Å². The molecule has 1 saturated heterocycles. The number of anilines is 1. The number of carbonyl (C=O) groups excluding carboxylic acids is 1. The summed E-state index contributed by atoms with van der Waals surface area (Å²) in [6.45, 7) is 8.42. The number of esters is 1. The van der Waals surface area contributed by atoms with Gasteiger partial charge in [0.05, 0.1) is 18.2 Å². The molecule has 5 N–H and O–H groups in total.